The number of hydrogen-bond acceptors (Lipinski definition) is 7. The largest absolute Gasteiger partial charge is 0.382 e. The van der Waals surface area contributed by atoms with Crippen molar-refractivity contribution in [3.05, 3.63) is 65.2 Å². The Bertz CT molecular complexity index is 1530. The Balaban J connectivity index is 1.58. The summed E-state index contributed by atoms with van der Waals surface area (Å²) in [5.74, 6) is -0.618. The monoisotopic (exact) mass is 517 g/mol. The highest BCUT2D eigenvalue weighted by Gasteiger charge is 2.44. The van der Waals surface area contributed by atoms with Crippen molar-refractivity contribution in [3.8, 4) is 11.5 Å². The van der Waals surface area contributed by atoms with E-state index in [9.17, 15) is 14.0 Å². The average Bonchev–Trinajstić information content (AvgIpc) is 3.38. The van der Waals surface area contributed by atoms with Crippen molar-refractivity contribution in [2.75, 3.05) is 25.1 Å². The van der Waals surface area contributed by atoms with Gasteiger partial charge in [0.05, 0.1) is 17.3 Å². The lowest BCUT2D eigenvalue weighted by Crippen LogP contribution is -2.32. The average molecular weight is 518 g/mol. The summed E-state index contributed by atoms with van der Waals surface area (Å²) in [7, 11) is 0. The van der Waals surface area contributed by atoms with Gasteiger partial charge in [0.25, 0.3) is 5.91 Å². The Hall–Kier alpha value is -4.25. The summed E-state index contributed by atoms with van der Waals surface area (Å²) in [6.45, 7) is 7.02. The molecule has 4 heterocycles. The number of aromatic nitrogens is 5. The molecule has 1 aliphatic heterocycles. The summed E-state index contributed by atoms with van der Waals surface area (Å²) >= 11 is 0. The van der Waals surface area contributed by atoms with E-state index in [1.165, 1.54) is 6.07 Å². The molecule has 0 unspecified atom stereocenters. The minimum Gasteiger partial charge on any atom is -0.382 e. The molecule has 1 aliphatic rings. The molecule has 38 heavy (non-hydrogen) atoms. The Kier molecular flexibility index (Phi) is 6.85. The van der Waals surface area contributed by atoms with Crippen LogP contribution < -0.4 is 10.6 Å². The van der Waals surface area contributed by atoms with E-state index >= 15 is 0 Å². The summed E-state index contributed by atoms with van der Waals surface area (Å²) in [4.78, 5) is 39.7. The minimum atomic E-state index is -1.00. The van der Waals surface area contributed by atoms with Crippen molar-refractivity contribution >= 4 is 28.7 Å². The lowest BCUT2D eigenvalue weighted by Gasteiger charge is -2.18. The molecule has 4 aromatic rings. The molecule has 0 spiro atoms. The van der Waals surface area contributed by atoms with Crippen LogP contribution in [0.4, 0.5) is 10.2 Å². The second-order valence-corrected chi connectivity index (χ2v) is 9.48. The number of pyridine rings is 1. The maximum absolute atomic E-state index is 14.4. The van der Waals surface area contributed by atoms with Gasteiger partial charge < -0.3 is 15.4 Å². The lowest BCUT2D eigenvalue weighted by molar-refractivity contribution is -0.119. The number of carbonyl (C=O) groups excluding carboxylic acids is 2. The summed E-state index contributed by atoms with van der Waals surface area (Å²) in [5, 5.41) is 11.0. The first-order valence-electron chi connectivity index (χ1n) is 12.5. The van der Waals surface area contributed by atoms with E-state index in [1.807, 2.05) is 13.0 Å². The summed E-state index contributed by atoms with van der Waals surface area (Å²) in [6.07, 6.45) is 2.26. The van der Waals surface area contributed by atoms with Gasteiger partial charge >= 0.3 is 0 Å². The third-order valence-electron chi connectivity index (χ3n) is 6.50. The highest BCUT2D eigenvalue weighted by molar-refractivity contribution is 6.09. The number of nitrogens with one attached hydrogen (secondary N) is 2. The van der Waals surface area contributed by atoms with Gasteiger partial charge in [-0.3, -0.25) is 9.59 Å². The van der Waals surface area contributed by atoms with E-state index in [2.05, 4.69) is 30.7 Å². The molecule has 0 radical (unpaired) electrons. The van der Waals surface area contributed by atoms with Gasteiger partial charge in [0.2, 0.25) is 5.91 Å². The number of hydrogen-bond donors (Lipinski definition) is 2. The van der Waals surface area contributed by atoms with Crippen LogP contribution in [0.25, 0.3) is 22.6 Å². The first-order chi connectivity index (χ1) is 18.3. The number of fused-ring (bicyclic) bond motifs is 2. The first-order valence-corrected chi connectivity index (χ1v) is 12.5. The SMILES string of the molecule is CCOCCCNC(=O)c1nc(-c2nn(Cc3ccccc3F)c3ncccc23)nc2c1C(C)(C)C(=O)N2. The van der Waals surface area contributed by atoms with Gasteiger partial charge in [-0.2, -0.15) is 5.10 Å². The van der Waals surface area contributed by atoms with Crippen LogP contribution in [0.1, 0.15) is 48.8 Å². The predicted octanol–water partition coefficient (Wildman–Crippen LogP) is 3.46. The minimum absolute atomic E-state index is 0.102. The lowest BCUT2D eigenvalue weighted by atomic mass is 9.85. The number of benzene rings is 1. The number of halogens is 1. The van der Waals surface area contributed by atoms with E-state index < -0.39 is 11.3 Å². The Labute approximate surface area is 218 Å². The summed E-state index contributed by atoms with van der Waals surface area (Å²) in [5.41, 5.74) is 0.870. The second kappa shape index (κ2) is 10.3. The standard InChI is InChI=1S/C27H28FN7O3/c1-4-38-14-8-13-30-25(36)21-19-22(33-26(37)27(19,2)3)32-23(31-21)20-17-10-7-12-29-24(17)35(34-20)15-16-9-5-6-11-18(16)28/h5-7,9-12H,4,8,13-15H2,1-3H3,(H,30,36)(H,31,32,33,37). The molecule has 0 fully saturated rings. The molecule has 0 bridgehead atoms. The van der Waals surface area contributed by atoms with E-state index in [0.29, 0.717) is 54.0 Å². The Morgan fingerprint density at radius 2 is 2.00 bits per heavy atom. The zero-order valence-corrected chi connectivity index (χ0v) is 21.4. The first kappa shape index (κ1) is 25.4. The van der Waals surface area contributed by atoms with Crippen molar-refractivity contribution in [2.24, 2.45) is 0 Å². The zero-order valence-electron chi connectivity index (χ0n) is 21.4. The van der Waals surface area contributed by atoms with E-state index in [-0.39, 0.29) is 35.6 Å². The van der Waals surface area contributed by atoms with Crippen molar-refractivity contribution in [3.63, 3.8) is 0 Å². The zero-order chi connectivity index (χ0) is 26.9. The van der Waals surface area contributed by atoms with Gasteiger partial charge in [-0.05, 0) is 45.4 Å². The predicted molar refractivity (Wildman–Crippen MR) is 139 cm³/mol. The molecule has 0 atom stereocenters. The maximum atomic E-state index is 14.4. The maximum Gasteiger partial charge on any atom is 0.270 e. The smallest absolute Gasteiger partial charge is 0.270 e. The molecule has 0 saturated heterocycles. The van der Waals surface area contributed by atoms with Crippen molar-refractivity contribution in [1.29, 1.82) is 0 Å². The van der Waals surface area contributed by atoms with Gasteiger partial charge in [-0.15, -0.1) is 0 Å². The molecule has 0 saturated carbocycles. The van der Waals surface area contributed by atoms with E-state index in [1.54, 1.807) is 49.0 Å². The van der Waals surface area contributed by atoms with Crippen LogP contribution in [0.3, 0.4) is 0 Å². The van der Waals surface area contributed by atoms with Gasteiger partial charge in [0, 0.05) is 37.1 Å². The van der Waals surface area contributed by atoms with Crippen LogP contribution in [0.5, 0.6) is 0 Å². The van der Waals surface area contributed by atoms with Crippen LogP contribution in [0.15, 0.2) is 42.6 Å². The number of carbonyl (C=O) groups is 2. The number of anilines is 1. The highest BCUT2D eigenvalue weighted by atomic mass is 19.1. The molecule has 2 amide bonds. The fourth-order valence-electron chi connectivity index (χ4n) is 4.47. The molecule has 3 aromatic heterocycles. The van der Waals surface area contributed by atoms with Gasteiger partial charge in [-0.1, -0.05) is 18.2 Å². The third-order valence-corrected chi connectivity index (χ3v) is 6.50. The molecule has 10 nitrogen and oxygen atoms in total. The van der Waals surface area contributed by atoms with E-state index in [0.717, 1.165) is 0 Å². The topological polar surface area (TPSA) is 124 Å². The molecule has 2 N–H and O–H groups in total. The molecule has 196 valence electrons. The Morgan fingerprint density at radius 1 is 1.18 bits per heavy atom. The molecular weight excluding hydrogens is 489 g/mol. The van der Waals surface area contributed by atoms with Crippen molar-refractivity contribution < 1.29 is 18.7 Å². The third kappa shape index (κ3) is 4.60. The Morgan fingerprint density at radius 3 is 2.79 bits per heavy atom. The van der Waals surface area contributed by atoms with Gasteiger partial charge in [0.1, 0.15) is 23.0 Å². The van der Waals surface area contributed by atoms with Crippen LogP contribution in [0.2, 0.25) is 0 Å². The molecule has 0 aliphatic carbocycles. The van der Waals surface area contributed by atoms with E-state index in [4.69, 9.17) is 4.74 Å². The molecule has 1 aromatic carbocycles. The van der Waals surface area contributed by atoms with Gasteiger partial charge in [0.15, 0.2) is 11.5 Å². The molecule has 5 rings (SSSR count). The van der Waals surface area contributed by atoms with Crippen molar-refractivity contribution in [1.82, 2.24) is 30.0 Å². The number of rotatable bonds is 9. The van der Waals surface area contributed by atoms with Crippen LogP contribution in [-0.4, -0.2) is 56.3 Å². The van der Waals surface area contributed by atoms with Crippen LogP contribution >= 0.6 is 0 Å². The van der Waals surface area contributed by atoms with Crippen LogP contribution in [-0.2, 0) is 21.5 Å². The molecule has 11 heteroatoms. The fourth-order valence-corrected chi connectivity index (χ4v) is 4.47. The fraction of sp³-hybridized carbons (Fsp3) is 0.333. The normalized spacial score (nSPS) is 13.9. The molecular formula is C27H28FN7O3. The highest BCUT2D eigenvalue weighted by Crippen LogP contribution is 2.39. The van der Waals surface area contributed by atoms with Crippen molar-refractivity contribution in [2.45, 2.75) is 39.2 Å². The second-order valence-electron chi connectivity index (χ2n) is 9.48. The van der Waals surface area contributed by atoms with Crippen LogP contribution in [0, 0.1) is 5.82 Å². The summed E-state index contributed by atoms with van der Waals surface area (Å²) in [6, 6.07) is 10.0. The van der Waals surface area contributed by atoms with Gasteiger partial charge in [-0.25, -0.2) is 24.0 Å². The number of amides is 2. The quantitative estimate of drug-likeness (QED) is 0.326. The summed E-state index contributed by atoms with van der Waals surface area (Å²) < 4.78 is 21.3. The number of nitrogens with zero attached hydrogens (tertiary/aromatic N) is 5. The number of ether oxygens (including phenoxy) is 1.